The Morgan fingerprint density at radius 1 is 0.946 bits per heavy atom. The Bertz CT molecular complexity index is 1610. The van der Waals surface area contributed by atoms with E-state index in [2.05, 4.69) is 18.2 Å². The number of carbonyl (C=O) groups excluding carboxylic acids is 1. The van der Waals surface area contributed by atoms with Gasteiger partial charge < -0.3 is 15.2 Å². The number of nitrogens with zero attached hydrogens (tertiary/aromatic N) is 3. The predicted octanol–water partition coefficient (Wildman–Crippen LogP) is 4.87. The van der Waals surface area contributed by atoms with Gasteiger partial charge in [0.1, 0.15) is 5.84 Å². The molecule has 0 radical (unpaired) electrons. The topological polar surface area (TPSA) is 101 Å². The normalized spacial score (nSPS) is 21.6. The van der Waals surface area contributed by atoms with E-state index in [-0.39, 0.29) is 18.5 Å². The molecule has 0 spiro atoms. The first-order valence-electron chi connectivity index (χ1n) is 12.2. The molecule has 7 rings (SSSR count). The number of Topliss-reactive ketones (excluding diaryl/α,β-unsaturated/α-hetero) is 1. The van der Waals surface area contributed by atoms with Crippen LogP contribution in [0.2, 0.25) is 0 Å². The minimum Gasteiger partial charge on any atom is -0.454 e. The van der Waals surface area contributed by atoms with Gasteiger partial charge in [-0.15, -0.1) is 0 Å². The summed E-state index contributed by atoms with van der Waals surface area (Å²) in [5.74, 6) is 1.55. The summed E-state index contributed by atoms with van der Waals surface area (Å²) >= 11 is 0. The van der Waals surface area contributed by atoms with Gasteiger partial charge in [0.15, 0.2) is 23.1 Å². The highest BCUT2D eigenvalue weighted by atomic mass is 16.7. The molecule has 0 saturated heterocycles. The van der Waals surface area contributed by atoms with Crippen LogP contribution < -0.4 is 20.1 Å². The summed E-state index contributed by atoms with van der Waals surface area (Å²) in [5, 5.41) is 10.5. The zero-order chi connectivity index (χ0) is 25.1. The average Bonchev–Trinajstić information content (AvgIpc) is 3.41. The molecule has 2 atom stereocenters. The van der Waals surface area contributed by atoms with Gasteiger partial charge in [0, 0.05) is 23.3 Å². The van der Waals surface area contributed by atoms with E-state index in [0.717, 1.165) is 28.1 Å². The number of para-hydroxylation sites is 1. The Morgan fingerprint density at radius 3 is 2.57 bits per heavy atom. The fourth-order valence-electron chi connectivity index (χ4n) is 5.90. The monoisotopic (exact) mass is 486 g/mol. The van der Waals surface area contributed by atoms with Gasteiger partial charge in [-0.1, -0.05) is 48.5 Å². The van der Waals surface area contributed by atoms with Crippen LogP contribution in [0.5, 0.6) is 11.5 Å². The molecule has 3 heterocycles. The largest absolute Gasteiger partial charge is 0.454 e. The van der Waals surface area contributed by atoms with Crippen LogP contribution in [0.4, 0.5) is 5.69 Å². The number of ether oxygens (including phenoxy) is 2. The van der Waals surface area contributed by atoms with Crippen molar-refractivity contribution in [2.45, 2.75) is 24.7 Å². The maximum atomic E-state index is 14.0. The first kappa shape index (κ1) is 21.5. The number of nitriles is 1. The zero-order valence-corrected chi connectivity index (χ0v) is 19.8. The number of ketones is 1. The van der Waals surface area contributed by atoms with Crippen LogP contribution in [0.25, 0.3) is 0 Å². The first-order chi connectivity index (χ1) is 18.1. The van der Waals surface area contributed by atoms with Crippen molar-refractivity contribution < 1.29 is 14.3 Å². The minimum absolute atomic E-state index is 0.0187. The summed E-state index contributed by atoms with van der Waals surface area (Å²) in [6, 6.07) is 25.8. The van der Waals surface area contributed by atoms with Gasteiger partial charge in [0.05, 0.1) is 23.2 Å². The number of amidine groups is 1. The highest BCUT2D eigenvalue weighted by molar-refractivity contribution is 6.08. The third-order valence-electron chi connectivity index (χ3n) is 7.55. The van der Waals surface area contributed by atoms with Gasteiger partial charge in [-0.05, 0) is 47.7 Å². The molecule has 2 N–H and O–H groups in total. The Labute approximate surface area is 213 Å². The Balaban J connectivity index is 1.48. The van der Waals surface area contributed by atoms with Crippen LogP contribution >= 0.6 is 0 Å². The number of rotatable bonds is 2. The number of hydrogen-bond donors (Lipinski definition) is 1. The van der Waals surface area contributed by atoms with E-state index in [0.29, 0.717) is 47.1 Å². The molecule has 180 valence electrons. The number of hydrogen-bond acceptors (Lipinski definition) is 7. The molecule has 3 aromatic rings. The first-order valence-corrected chi connectivity index (χ1v) is 12.2. The quantitative estimate of drug-likeness (QED) is 0.554. The smallest absolute Gasteiger partial charge is 0.231 e. The van der Waals surface area contributed by atoms with Gasteiger partial charge >= 0.3 is 0 Å². The van der Waals surface area contributed by atoms with Crippen LogP contribution in [0, 0.1) is 11.3 Å². The lowest BCUT2D eigenvalue weighted by Gasteiger charge is -2.43. The Morgan fingerprint density at radius 2 is 1.73 bits per heavy atom. The molecule has 0 saturated carbocycles. The lowest BCUT2D eigenvalue weighted by molar-refractivity contribution is -0.116. The second-order valence-corrected chi connectivity index (χ2v) is 9.54. The number of fused-ring (bicyclic) bond motifs is 5. The van der Waals surface area contributed by atoms with E-state index in [4.69, 9.17) is 20.2 Å². The van der Waals surface area contributed by atoms with Gasteiger partial charge in [-0.2, -0.15) is 5.26 Å². The standard InChI is InChI=1S/C30H22N4O3/c31-15-21-27(18-10-11-25-26(14-18)37-16-36-25)28-23(12-19(13-24(28)35)17-6-2-1-3-7-17)34-22-9-5-4-8-20(22)29(32)33-30(21)34/h1-11,14,19,27H,12-13,16H2,(H2,32,33). The van der Waals surface area contributed by atoms with Crippen molar-refractivity contribution in [3.63, 3.8) is 0 Å². The zero-order valence-electron chi connectivity index (χ0n) is 19.8. The Kier molecular flexibility index (Phi) is 4.70. The lowest BCUT2D eigenvalue weighted by atomic mass is 9.71. The highest BCUT2D eigenvalue weighted by Gasteiger charge is 2.45. The number of anilines is 1. The van der Waals surface area contributed by atoms with Gasteiger partial charge in [-0.3, -0.25) is 9.69 Å². The molecule has 0 bridgehead atoms. The predicted molar refractivity (Wildman–Crippen MR) is 138 cm³/mol. The highest BCUT2D eigenvalue weighted by Crippen LogP contribution is 2.52. The molecule has 3 aliphatic heterocycles. The van der Waals surface area contributed by atoms with Crippen molar-refractivity contribution >= 4 is 17.3 Å². The summed E-state index contributed by atoms with van der Waals surface area (Å²) in [7, 11) is 0. The van der Waals surface area contributed by atoms with Crippen LogP contribution in [0.3, 0.4) is 0 Å². The van der Waals surface area contributed by atoms with Crippen molar-refractivity contribution in [2.24, 2.45) is 10.7 Å². The molecule has 37 heavy (non-hydrogen) atoms. The maximum absolute atomic E-state index is 14.0. The second kappa shape index (κ2) is 8.10. The van der Waals surface area contributed by atoms with Gasteiger partial charge in [0.2, 0.25) is 6.79 Å². The third kappa shape index (κ3) is 3.19. The van der Waals surface area contributed by atoms with E-state index in [9.17, 15) is 10.1 Å². The maximum Gasteiger partial charge on any atom is 0.231 e. The molecule has 2 unspecified atom stereocenters. The number of aliphatic imine (C=N–C) groups is 1. The fraction of sp³-hybridized carbons (Fsp3) is 0.167. The number of nitrogens with two attached hydrogens (primary N) is 1. The number of allylic oxidation sites excluding steroid dienone is 3. The van der Waals surface area contributed by atoms with E-state index < -0.39 is 5.92 Å². The summed E-state index contributed by atoms with van der Waals surface area (Å²) in [6.45, 7) is 0.146. The molecule has 4 aliphatic rings. The number of benzene rings is 3. The van der Waals surface area contributed by atoms with Gasteiger partial charge in [0.25, 0.3) is 0 Å². The van der Waals surface area contributed by atoms with E-state index in [1.807, 2.05) is 65.6 Å². The third-order valence-corrected chi connectivity index (χ3v) is 7.55. The fourth-order valence-corrected chi connectivity index (χ4v) is 5.90. The molecule has 0 fully saturated rings. The van der Waals surface area contributed by atoms with E-state index in [1.54, 1.807) is 0 Å². The molecule has 3 aromatic carbocycles. The minimum atomic E-state index is -0.577. The molecular weight excluding hydrogens is 464 g/mol. The van der Waals surface area contributed by atoms with Crippen LogP contribution in [-0.2, 0) is 4.79 Å². The summed E-state index contributed by atoms with van der Waals surface area (Å²) in [4.78, 5) is 20.7. The lowest BCUT2D eigenvalue weighted by Crippen LogP contribution is -2.40. The summed E-state index contributed by atoms with van der Waals surface area (Å²) in [6.07, 6.45) is 1.01. The van der Waals surface area contributed by atoms with Crippen molar-refractivity contribution in [1.29, 1.82) is 5.26 Å². The number of carbonyl (C=O) groups is 1. The second-order valence-electron chi connectivity index (χ2n) is 9.54. The molecule has 7 nitrogen and oxygen atoms in total. The average molecular weight is 487 g/mol. The van der Waals surface area contributed by atoms with E-state index >= 15 is 0 Å². The summed E-state index contributed by atoms with van der Waals surface area (Å²) < 4.78 is 11.1. The SMILES string of the molecule is N#CC1=C2N=C(N)c3ccccc3N2C2=C(C(=O)CC(c3ccccc3)C2)C1c1ccc2c(c1)OCO2. The van der Waals surface area contributed by atoms with Crippen LogP contribution in [-0.4, -0.2) is 18.4 Å². The molecular formula is C30H22N4O3. The van der Waals surface area contributed by atoms with Crippen LogP contribution in [0.1, 0.15) is 41.4 Å². The van der Waals surface area contributed by atoms with Gasteiger partial charge in [-0.25, -0.2) is 4.99 Å². The van der Waals surface area contributed by atoms with Crippen LogP contribution in [0.15, 0.2) is 100 Å². The molecule has 0 aromatic heterocycles. The van der Waals surface area contributed by atoms with Crippen molar-refractivity contribution in [3.8, 4) is 17.6 Å². The Hall–Kier alpha value is -4.83. The molecule has 1 aliphatic carbocycles. The van der Waals surface area contributed by atoms with Crippen molar-refractivity contribution in [3.05, 3.63) is 112 Å². The van der Waals surface area contributed by atoms with Crippen molar-refractivity contribution in [2.75, 3.05) is 11.7 Å². The summed E-state index contributed by atoms with van der Waals surface area (Å²) in [5.41, 5.74) is 11.8. The van der Waals surface area contributed by atoms with E-state index in [1.165, 1.54) is 0 Å². The molecule has 0 amide bonds. The molecule has 7 heteroatoms. The van der Waals surface area contributed by atoms with Crippen molar-refractivity contribution in [1.82, 2.24) is 0 Å².